The summed E-state index contributed by atoms with van der Waals surface area (Å²) in [5, 5.41) is 10.4. The summed E-state index contributed by atoms with van der Waals surface area (Å²) in [5.74, 6) is 2.81. The summed E-state index contributed by atoms with van der Waals surface area (Å²) in [6.07, 6.45) is 15.0. The molecule has 0 amide bonds. The zero-order valence-electron chi connectivity index (χ0n) is 41.2. The lowest BCUT2D eigenvalue weighted by atomic mass is 9.54. The molecule has 3 fully saturated rings. The van der Waals surface area contributed by atoms with Crippen LogP contribution in [0.5, 0.6) is 34.5 Å². The molecule has 5 aliphatic rings. The number of carbonyl (C=O) groups excluding carboxylic acids is 3. The van der Waals surface area contributed by atoms with Gasteiger partial charge in [-0.2, -0.15) is 0 Å². The van der Waals surface area contributed by atoms with Gasteiger partial charge in [-0.15, -0.1) is 0 Å². The summed E-state index contributed by atoms with van der Waals surface area (Å²) in [6, 6.07) is 19.0. The van der Waals surface area contributed by atoms with E-state index < -0.39 is 16.8 Å². The van der Waals surface area contributed by atoms with Crippen molar-refractivity contribution in [2.75, 3.05) is 41.7 Å². The van der Waals surface area contributed by atoms with Crippen molar-refractivity contribution in [3.05, 3.63) is 82.9 Å². The number of hydrogen-bond donors (Lipinski definition) is 1. The molecule has 0 saturated heterocycles. The predicted octanol–water partition coefficient (Wildman–Crippen LogP) is 11.7. The van der Waals surface area contributed by atoms with Crippen molar-refractivity contribution in [1.29, 1.82) is 0 Å². The standard InChI is InChI=1S/C29H34O6.C28H34O6/c1-33-25-14-12-22(19-9-6-10-21-20(19)11-13-24(21)30)26(27(25)34-2)35-17-29(28(31)32)16-15-23(29)18-7-4-3-5-8-18;1-28(2,27(30)34-18-9-6-5-7-10-18)17-33-25-22(14-16-24(31-3)26(25)32-4)19-11-8-12-21-20(19)13-15-23(21)29/h6,9-10,12,14,18,23H,3-5,7-8,11,13,15-17H2,1-2H3,(H,31,32);8,11-12,14,16,18H,5-7,9-10,13,15,17H2,1-4H3. The second-order valence-electron chi connectivity index (χ2n) is 20.0. The van der Waals surface area contributed by atoms with E-state index in [0.29, 0.717) is 72.5 Å². The van der Waals surface area contributed by atoms with E-state index in [-0.39, 0.29) is 42.8 Å². The van der Waals surface area contributed by atoms with Crippen LogP contribution in [0.15, 0.2) is 60.7 Å². The fourth-order valence-electron chi connectivity index (χ4n) is 11.4. The lowest BCUT2D eigenvalue weighted by Crippen LogP contribution is -2.54. The summed E-state index contributed by atoms with van der Waals surface area (Å²) in [4.78, 5) is 50.3. The van der Waals surface area contributed by atoms with E-state index in [1.165, 1.54) is 25.7 Å². The third kappa shape index (κ3) is 9.91. The lowest BCUT2D eigenvalue weighted by Gasteiger charge is -2.50. The largest absolute Gasteiger partial charge is 0.493 e. The van der Waals surface area contributed by atoms with Gasteiger partial charge in [-0.05, 0) is 124 Å². The van der Waals surface area contributed by atoms with Crippen LogP contribution in [-0.4, -0.2) is 76.4 Å². The number of carboxylic acids is 1. The maximum atomic E-state index is 13.0. The molecule has 12 nitrogen and oxygen atoms in total. The Hall–Kier alpha value is -6.04. The van der Waals surface area contributed by atoms with Crippen molar-refractivity contribution in [3.8, 4) is 56.8 Å². The molecule has 0 heterocycles. The van der Waals surface area contributed by atoms with E-state index in [9.17, 15) is 24.3 Å². The minimum Gasteiger partial charge on any atom is -0.493 e. The molecule has 4 aromatic rings. The number of esters is 1. The molecule has 5 aliphatic carbocycles. The monoisotopic (exact) mass is 944 g/mol. The number of methoxy groups -OCH3 is 4. The molecule has 2 unspecified atom stereocenters. The van der Waals surface area contributed by atoms with Crippen LogP contribution in [0, 0.1) is 22.7 Å². The van der Waals surface area contributed by atoms with Crippen molar-refractivity contribution in [3.63, 3.8) is 0 Å². The van der Waals surface area contributed by atoms with Gasteiger partial charge < -0.3 is 38.3 Å². The molecule has 0 bridgehead atoms. The number of rotatable bonds is 16. The van der Waals surface area contributed by atoms with Crippen molar-refractivity contribution < 1.29 is 57.4 Å². The number of carboxylic acid groups (broad SMARTS) is 1. The Balaban J connectivity index is 0.000000186. The Labute approximate surface area is 406 Å². The number of hydrogen-bond acceptors (Lipinski definition) is 11. The van der Waals surface area contributed by atoms with Gasteiger partial charge in [0.05, 0.1) is 33.9 Å². The molecule has 0 aliphatic heterocycles. The summed E-state index contributed by atoms with van der Waals surface area (Å²) >= 11 is 0. The highest BCUT2D eigenvalue weighted by Gasteiger charge is 2.56. The van der Waals surface area contributed by atoms with Crippen molar-refractivity contribution in [1.82, 2.24) is 0 Å². The van der Waals surface area contributed by atoms with E-state index in [4.69, 9.17) is 33.2 Å². The lowest BCUT2D eigenvalue weighted by molar-refractivity contribution is -0.170. The summed E-state index contributed by atoms with van der Waals surface area (Å²) in [6.45, 7) is 3.88. The minimum absolute atomic E-state index is 0.00751. The number of ether oxygens (including phenoxy) is 7. The van der Waals surface area contributed by atoms with Crippen LogP contribution in [0.4, 0.5) is 0 Å². The molecule has 12 heteroatoms. The van der Waals surface area contributed by atoms with Crippen LogP contribution in [-0.2, 0) is 27.2 Å². The first-order valence-corrected chi connectivity index (χ1v) is 24.9. The topological polar surface area (TPSA) is 153 Å². The molecule has 368 valence electrons. The van der Waals surface area contributed by atoms with Gasteiger partial charge in [0.1, 0.15) is 24.7 Å². The number of aliphatic carboxylic acids is 1. The van der Waals surface area contributed by atoms with E-state index in [1.807, 2.05) is 74.5 Å². The first-order valence-electron chi connectivity index (χ1n) is 24.9. The van der Waals surface area contributed by atoms with Crippen LogP contribution in [0.1, 0.15) is 136 Å². The molecule has 0 spiro atoms. The first-order chi connectivity index (χ1) is 33.3. The zero-order chi connectivity index (χ0) is 48.9. The average molecular weight is 945 g/mol. The van der Waals surface area contributed by atoms with Crippen LogP contribution in [0.3, 0.4) is 0 Å². The fraction of sp³-hybridized carbons (Fsp3) is 0.509. The van der Waals surface area contributed by atoms with Gasteiger partial charge >= 0.3 is 11.9 Å². The maximum absolute atomic E-state index is 13.0. The molecule has 2 atom stereocenters. The highest BCUT2D eigenvalue weighted by Crippen LogP contribution is 2.56. The smallest absolute Gasteiger partial charge is 0.315 e. The number of fused-ring (bicyclic) bond motifs is 2. The Morgan fingerprint density at radius 2 is 1.07 bits per heavy atom. The van der Waals surface area contributed by atoms with Gasteiger partial charge in [-0.3, -0.25) is 19.2 Å². The molecule has 3 saturated carbocycles. The summed E-state index contributed by atoms with van der Waals surface area (Å²) in [5.41, 5.74) is 5.25. The number of benzene rings is 4. The molecule has 4 aromatic carbocycles. The first kappa shape index (κ1) is 49.4. The van der Waals surface area contributed by atoms with Crippen molar-refractivity contribution in [2.24, 2.45) is 22.7 Å². The van der Waals surface area contributed by atoms with E-state index in [2.05, 4.69) is 0 Å². The number of Topliss-reactive ketones (excluding diaryl/α,β-unsaturated/α-hetero) is 2. The maximum Gasteiger partial charge on any atom is 0.315 e. The predicted molar refractivity (Wildman–Crippen MR) is 262 cm³/mol. The van der Waals surface area contributed by atoms with Crippen molar-refractivity contribution in [2.45, 2.75) is 123 Å². The minimum atomic E-state index is -0.887. The molecule has 0 radical (unpaired) electrons. The molecular weight excluding hydrogens is 877 g/mol. The SMILES string of the molecule is COc1ccc(-c2cccc3c2CCC3=O)c(OCC(C)(C)C(=O)OC2CCCCC2)c1OC.COc1ccc(-c2cccc3c2CCC3=O)c(OCC2(C(=O)O)CCC2C2CCCCC2)c1OC. The summed E-state index contributed by atoms with van der Waals surface area (Å²) in [7, 11) is 6.28. The Morgan fingerprint density at radius 3 is 1.54 bits per heavy atom. The van der Waals surface area contributed by atoms with Crippen LogP contribution in [0.2, 0.25) is 0 Å². The Morgan fingerprint density at radius 1 is 0.580 bits per heavy atom. The Bertz CT molecular complexity index is 2550. The molecule has 9 rings (SSSR count). The van der Waals surface area contributed by atoms with Gasteiger partial charge in [0.2, 0.25) is 11.5 Å². The summed E-state index contributed by atoms with van der Waals surface area (Å²) < 4.78 is 41.1. The highest BCUT2D eigenvalue weighted by atomic mass is 16.6. The molecule has 0 aromatic heterocycles. The average Bonchev–Trinajstić information content (AvgIpc) is 3.94. The third-order valence-corrected chi connectivity index (χ3v) is 15.4. The highest BCUT2D eigenvalue weighted by molar-refractivity contribution is 6.03. The fourth-order valence-corrected chi connectivity index (χ4v) is 11.4. The third-order valence-electron chi connectivity index (χ3n) is 15.4. The van der Waals surface area contributed by atoms with Crippen LogP contribution < -0.4 is 28.4 Å². The van der Waals surface area contributed by atoms with Gasteiger partial charge in [0.15, 0.2) is 34.6 Å². The quantitative estimate of drug-likeness (QED) is 0.106. The van der Waals surface area contributed by atoms with Gasteiger partial charge in [-0.25, -0.2) is 0 Å². The van der Waals surface area contributed by atoms with E-state index >= 15 is 0 Å². The zero-order valence-corrected chi connectivity index (χ0v) is 41.2. The van der Waals surface area contributed by atoms with E-state index in [0.717, 1.165) is 89.5 Å². The van der Waals surface area contributed by atoms with Gasteiger partial charge in [0, 0.05) is 35.1 Å². The molecular formula is C57H68O12. The molecule has 69 heavy (non-hydrogen) atoms. The molecule has 1 N–H and O–H groups in total. The van der Waals surface area contributed by atoms with Gasteiger partial charge in [-0.1, -0.05) is 74.9 Å². The number of carbonyl (C=O) groups is 4. The van der Waals surface area contributed by atoms with Gasteiger partial charge in [0.25, 0.3) is 0 Å². The van der Waals surface area contributed by atoms with Crippen LogP contribution in [0.25, 0.3) is 22.3 Å². The second-order valence-corrected chi connectivity index (χ2v) is 20.0. The van der Waals surface area contributed by atoms with Crippen molar-refractivity contribution >= 4 is 23.5 Å². The Kier molecular flexibility index (Phi) is 15.2. The normalized spacial score (nSPS) is 20.1. The second kappa shape index (κ2) is 21.3. The van der Waals surface area contributed by atoms with Crippen LogP contribution >= 0.6 is 0 Å². The number of ketones is 2. The van der Waals surface area contributed by atoms with E-state index in [1.54, 1.807) is 28.4 Å².